The Balaban J connectivity index is 1.42. The number of nitrogen functional groups attached to an aromatic ring is 1. The van der Waals surface area contributed by atoms with E-state index >= 15 is 0 Å². The van der Waals surface area contributed by atoms with Gasteiger partial charge < -0.3 is 20.9 Å². The second-order valence-electron chi connectivity index (χ2n) is 10.4. The summed E-state index contributed by atoms with van der Waals surface area (Å²) in [6.07, 6.45) is 2.41. The highest BCUT2D eigenvalue weighted by Crippen LogP contribution is 2.22. The first-order chi connectivity index (χ1) is 20.4. The third kappa shape index (κ3) is 7.05. The second kappa shape index (κ2) is 13.5. The van der Waals surface area contributed by atoms with Crippen LogP contribution in [-0.2, 0) is 32.4 Å². The molecule has 0 aliphatic carbocycles. The van der Waals surface area contributed by atoms with E-state index in [0.717, 1.165) is 53.8 Å². The minimum absolute atomic E-state index is 0.0628. The number of halogens is 1. The van der Waals surface area contributed by atoms with Crippen molar-refractivity contribution in [2.45, 2.75) is 32.4 Å². The molecule has 0 saturated heterocycles. The molecule has 0 fully saturated rings. The van der Waals surface area contributed by atoms with E-state index in [-0.39, 0.29) is 11.7 Å². The summed E-state index contributed by atoms with van der Waals surface area (Å²) in [6, 6.07) is 31.5. The normalized spacial score (nSPS) is 11.1. The number of aromatic nitrogens is 2. The summed E-state index contributed by atoms with van der Waals surface area (Å²) in [4.78, 5) is 20.4. The zero-order valence-electron chi connectivity index (χ0n) is 23.5. The molecule has 1 aromatic heterocycles. The van der Waals surface area contributed by atoms with Crippen molar-refractivity contribution in [3.63, 3.8) is 0 Å². The van der Waals surface area contributed by atoms with Crippen molar-refractivity contribution in [2.24, 2.45) is 11.5 Å². The Hall–Kier alpha value is -4.46. The van der Waals surface area contributed by atoms with E-state index in [1.165, 1.54) is 5.56 Å². The fourth-order valence-electron chi connectivity index (χ4n) is 5.15. The molecule has 5 aromatic rings. The monoisotopic (exact) mass is 578 g/mol. The number of imidazole rings is 1. The molecule has 8 heteroatoms. The highest BCUT2D eigenvalue weighted by molar-refractivity contribution is 6.30. The van der Waals surface area contributed by atoms with Crippen molar-refractivity contribution in [3.8, 4) is 0 Å². The minimum atomic E-state index is -0.0803. The Morgan fingerprint density at radius 1 is 0.833 bits per heavy atom. The van der Waals surface area contributed by atoms with Gasteiger partial charge in [0, 0.05) is 48.7 Å². The number of hydrogen-bond acceptors (Lipinski definition) is 4. The van der Waals surface area contributed by atoms with Gasteiger partial charge in [0.15, 0.2) is 0 Å². The number of fused-ring (bicyclic) bond motifs is 1. The topological polar surface area (TPSA) is 114 Å². The Morgan fingerprint density at radius 2 is 1.50 bits per heavy atom. The van der Waals surface area contributed by atoms with Crippen molar-refractivity contribution < 1.29 is 4.79 Å². The van der Waals surface area contributed by atoms with Crippen LogP contribution in [-0.4, -0.2) is 39.3 Å². The van der Waals surface area contributed by atoms with Crippen molar-refractivity contribution in [1.82, 2.24) is 14.5 Å². The van der Waals surface area contributed by atoms with Crippen LogP contribution in [0.15, 0.2) is 97.1 Å². The van der Waals surface area contributed by atoms with Gasteiger partial charge in [-0.1, -0.05) is 78.3 Å². The first-order valence-electron chi connectivity index (χ1n) is 14.1. The molecule has 0 aliphatic rings. The zero-order chi connectivity index (χ0) is 29.5. The number of carbonyl (C=O) groups is 1. The predicted molar refractivity (Wildman–Crippen MR) is 170 cm³/mol. The van der Waals surface area contributed by atoms with Gasteiger partial charge in [-0.15, -0.1) is 0 Å². The number of amides is 1. The smallest absolute Gasteiger partial charge is 0.254 e. The number of aryl methyl sites for hydroxylation is 4. The van der Waals surface area contributed by atoms with E-state index in [0.29, 0.717) is 35.8 Å². The maximum atomic E-state index is 13.6. The van der Waals surface area contributed by atoms with E-state index in [1.807, 2.05) is 72.8 Å². The molecule has 5 N–H and O–H groups in total. The van der Waals surface area contributed by atoms with E-state index in [1.54, 1.807) is 4.90 Å². The quantitative estimate of drug-likeness (QED) is 0.132. The van der Waals surface area contributed by atoms with Gasteiger partial charge >= 0.3 is 0 Å². The maximum Gasteiger partial charge on any atom is 0.254 e. The Labute approximate surface area is 251 Å². The van der Waals surface area contributed by atoms with Crippen LogP contribution in [0.25, 0.3) is 11.0 Å². The number of nitrogens with one attached hydrogen (secondary N) is 1. The lowest BCUT2D eigenvalue weighted by Gasteiger charge is -2.22. The number of nitrogens with zero attached hydrogens (tertiary/aromatic N) is 3. The molecule has 1 amide bonds. The summed E-state index contributed by atoms with van der Waals surface area (Å²) >= 11 is 6.05. The fourth-order valence-corrected chi connectivity index (χ4v) is 5.27. The van der Waals surface area contributed by atoms with E-state index in [9.17, 15) is 4.79 Å². The number of amidine groups is 1. The molecule has 0 radical (unpaired) electrons. The second-order valence-corrected chi connectivity index (χ2v) is 10.8. The lowest BCUT2D eigenvalue weighted by molar-refractivity contribution is 0.0748. The van der Waals surface area contributed by atoms with Crippen LogP contribution in [0.4, 0.5) is 0 Å². The molecule has 0 spiro atoms. The van der Waals surface area contributed by atoms with Crippen molar-refractivity contribution in [2.75, 3.05) is 13.1 Å². The average molecular weight is 579 g/mol. The lowest BCUT2D eigenvalue weighted by atomic mass is 10.1. The summed E-state index contributed by atoms with van der Waals surface area (Å²) in [7, 11) is 0. The van der Waals surface area contributed by atoms with Crippen molar-refractivity contribution >= 4 is 34.4 Å². The summed E-state index contributed by atoms with van der Waals surface area (Å²) in [6.45, 7) is 2.04. The average Bonchev–Trinajstić information content (AvgIpc) is 3.36. The molecule has 7 nitrogen and oxygen atoms in total. The van der Waals surface area contributed by atoms with Crippen LogP contribution in [0.3, 0.4) is 0 Å². The van der Waals surface area contributed by atoms with Gasteiger partial charge in [-0.3, -0.25) is 10.2 Å². The largest absolute Gasteiger partial charge is 0.384 e. The number of benzene rings is 4. The molecule has 0 aliphatic heterocycles. The Morgan fingerprint density at radius 3 is 2.19 bits per heavy atom. The highest BCUT2D eigenvalue weighted by Gasteiger charge is 2.19. The molecule has 1 heterocycles. The number of rotatable bonds is 12. The first kappa shape index (κ1) is 29.0. The van der Waals surface area contributed by atoms with Gasteiger partial charge in [0.25, 0.3) is 5.91 Å². The molecule has 42 heavy (non-hydrogen) atoms. The Kier molecular flexibility index (Phi) is 9.31. The molecule has 214 valence electrons. The maximum absolute atomic E-state index is 13.6. The third-order valence-electron chi connectivity index (χ3n) is 7.42. The molecule has 0 atom stereocenters. The number of nitrogens with two attached hydrogens (primary N) is 2. The van der Waals surface area contributed by atoms with Gasteiger partial charge in [-0.05, 0) is 59.9 Å². The van der Waals surface area contributed by atoms with Crippen molar-refractivity contribution in [3.05, 3.63) is 136 Å². The first-order valence-corrected chi connectivity index (χ1v) is 14.5. The van der Waals surface area contributed by atoms with E-state index in [4.69, 9.17) is 33.5 Å². The summed E-state index contributed by atoms with van der Waals surface area (Å²) in [5.41, 5.74) is 18.0. The number of carbonyl (C=O) groups excluding carboxylic acids is 1. The van der Waals surface area contributed by atoms with Gasteiger partial charge in [0.05, 0.1) is 11.0 Å². The van der Waals surface area contributed by atoms with Crippen LogP contribution in [0.2, 0.25) is 5.02 Å². The SMILES string of the molecule is N=C(N)c1ccc(CCc2nc3cc(C(=O)N(CCN)Cc4ccc(Cl)cc4)ccc3n2CCc2ccccc2)cc1. The molecule has 5 rings (SSSR count). The van der Waals surface area contributed by atoms with Crippen molar-refractivity contribution in [1.29, 1.82) is 5.41 Å². The fraction of sp³-hybridized carbons (Fsp3) is 0.206. The summed E-state index contributed by atoms with van der Waals surface area (Å²) in [5.74, 6) is 0.956. The van der Waals surface area contributed by atoms with Gasteiger partial charge in [0.1, 0.15) is 11.7 Å². The molecular weight excluding hydrogens is 544 g/mol. The summed E-state index contributed by atoms with van der Waals surface area (Å²) < 4.78 is 2.27. The van der Waals surface area contributed by atoms with Crippen LogP contribution >= 0.6 is 11.6 Å². The van der Waals surface area contributed by atoms with Gasteiger partial charge in [0.2, 0.25) is 0 Å². The molecule has 0 unspecified atom stereocenters. The summed E-state index contributed by atoms with van der Waals surface area (Å²) in [5, 5.41) is 8.30. The lowest BCUT2D eigenvalue weighted by Crippen LogP contribution is -2.34. The molecular formula is C34H35ClN6O. The Bertz CT molecular complexity index is 1660. The molecule has 4 aromatic carbocycles. The molecule has 0 saturated carbocycles. The van der Waals surface area contributed by atoms with Gasteiger partial charge in [-0.25, -0.2) is 4.98 Å². The van der Waals surface area contributed by atoms with Crippen LogP contribution in [0.1, 0.15) is 38.4 Å². The highest BCUT2D eigenvalue weighted by atomic mass is 35.5. The third-order valence-corrected chi connectivity index (χ3v) is 7.67. The minimum Gasteiger partial charge on any atom is -0.384 e. The van der Waals surface area contributed by atoms with Crippen LogP contribution in [0, 0.1) is 5.41 Å². The van der Waals surface area contributed by atoms with Gasteiger partial charge in [-0.2, -0.15) is 0 Å². The predicted octanol–water partition coefficient (Wildman–Crippen LogP) is 5.60. The van der Waals surface area contributed by atoms with E-state index in [2.05, 4.69) is 28.8 Å². The molecule has 0 bridgehead atoms. The zero-order valence-corrected chi connectivity index (χ0v) is 24.2. The standard InChI is InChI=1S/C34H35ClN6O/c35-29-14-8-26(9-15-29)23-40(21-19-36)34(42)28-13-16-31-30(22-28)39-32(41(31)20-18-24-4-2-1-3-5-24)17-10-25-6-11-27(12-7-25)33(37)38/h1-9,11-16,22H,10,17-21,23,36H2,(H3,37,38). The van der Waals surface area contributed by atoms with Crippen LogP contribution < -0.4 is 11.5 Å². The van der Waals surface area contributed by atoms with E-state index < -0.39 is 0 Å². The van der Waals surface area contributed by atoms with Crippen LogP contribution in [0.5, 0.6) is 0 Å². The number of hydrogen-bond donors (Lipinski definition) is 3.